The lowest BCUT2D eigenvalue weighted by molar-refractivity contribution is -0.119. The Morgan fingerprint density at radius 3 is 2.55 bits per heavy atom. The largest absolute Gasteiger partial charge is 0.478 e. The van der Waals surface area contributed by atoms with Crippen molar-refractivity contribution in [2.24, 2.45) is 0 Å². The Bertz CT molecular complexity index is 1080. The molecule has 0 saturated heterocycles. The van der Waals surface area contributed by atoms with E-state index in [1.165, 1.54) is 22.9 Å². The third-order valence-electron chi connectivity index (χ3n) is 4.63. The molecule has 0 saturated carbocycles. The summed E-state index contributed by atoms with van der Waals surface area (Å²) in [6.45, 7) is 5.13. The van der Waals surface area contributed by atoms with E-state index in [1.807, 2.05) is 0 Å². The summed E-state index contributed by atoms with van der Waals surface area (Å²) in [4.78, 5) is 24.5. The molecule has 29 heavy (non-hydrogen) atoms. The third-order valence-corrected chi connectivity index (χ3v) is 4.63. The first-order valence-corrected chi connectivity index (χ1v) is 8.90. The molecule has 0 aliphatic heterocycles. The van der Waals surface area contributed by atoms with Crippen molar-refractivity contribution < 1.29 is 19.1 Å². The van der Waals surface area contributed by atoms with E-state index in [0.717, 1.165) is 5.56 Å². The predicted octanol–water partition coefficient (Wildman–Crippen LogP) is 2.86. The number of aryl methyl sites for hydroxylation is 3. The molecule has 3 rings (SSSR count). The normalized spacial score (nSPS) is 11.9. The minimum absolute atomic E-state index is 0.103. The summed E-state index contributed by atoms with van der Waals surface area (Å²) in [6.07, 6.45) is 0.159. The number of hydrogen-bond acceptors (Lipinski definition) is 5. The number of benzene rings is 2. The van der Waals surface area contributed by atoms with Crippen LogP contribution in [0.4, 0.5) is 10.1 Å². The fraction of sp³-hybridized carbons (Fsp3) is 0.250. The molecule has 9 heteroatoms. The number of aromatic nitrogens is 4. The number of amides is 1. The van der Waals surface area contributed by atoms with Gasteiger partial charge in [-0.3, -0.25) is 4.79 Å². The van der Waals surface area contributed by atoms with Crippen LogP contribution in [0.2, 0.25) is 0 Å². The van der Waals surface area contributed by atoms with E-state index in [1.54, 1.807) is 39.0 Å². The molecule has 0 aliphatic carbocycles. The Morgan fingerprint density at radius 2 is 1.93 bits per heavy atom. The smallest absolute Gasteiger partial charge is 0.336 e. The van der Waals surface area contributed by atoms with E-state index in [-0.39, 0.29) is 12.0 Å². The number of carbonyl (C=O) groups is 2. The van der Waals surface area contributed by atoms with Crippen LogP contribution in [-0.4, -0.2) is 37.2 Å². The maximum atomic E-state index is 13.6. The maximum Gasteiger partial charge on any atom is 0.336 e. The maximum absolute atomic E-state index is 13.6. The highest BCUT2D eigenvalue weighted by Gasteiger charge is 2.25. The van der Waals surface area contributed by atoms with Gasteiger partial charge < -0.3 is 10.4 Å². The van der Waals surface area contributed by atoms with Gasteiger partial charge in [0.05, 0.1) is 5.56 Å². The second-order valence-corrected chi connectivity index (χ2v) is 6.80. The molecule has 150 valence electrons. The zero-order chi connectivity index (χ0) is 21.1. The van der Waals surface area contributed by atoms with Crippen LogP contribution in [-0.2, 0) is 11.2 Å². The van der Waals surface area contributed by atoms with Crippen LogP contribution in [0.3, 0.4) is 0 Å². The number of carboxylic acids is 1. The summed E-state index contributed by atoms with van der Waals surface area (Å²) < 4.78 is 15.0. The number of rotatable bonds is 6. The van der Waals surface area contributed by atoms with Crippen molar-refractivity contribution in [3.05, 3.63) is 70.3 Å². The SMILES string of the molecule is Cc1cc(C)c(C(=O)O)cc1NC(=O)C(Cc1cccc(F)c1)n1nnnc1C. The van der Waals surface area contributed by atoms with Crippen LogP contribution in [0.5, 0.6) is 0 Å². The van der Waals surface area contributed by atoms with Gasteiger partial charge in [-0.25, -0.2) is 13.9 Å². The quantitative estimate of drug-likeness (QED) is 0.662. The highest BCUT2D eigenvalue weighted by molar-refractivity contribution is 5.97. The van der Waals surface area contributed by atoms with Gasteiger partial charge in [-0.15, -0.1) is 5.10 Å². The first-order chi connectivity index (χ1) is 13.8. The van der Waals surface area contributed by atoms with Crippen molar-refractivity contribution in [1.29, 1.82) is 0 Å². The van der Waals surface area contributed by atoms with Crippen LogP contribution in [0.1, 0.15) is 38.9 Å². The number of carbonyl (C=O) groups excluding carboxylic acids is 1. The van der Waals surface area contributed by atoms with Crippen LogP contribution in [0, 0.1) is 26.6 Å². The van der Waals surface area contributed by atoms with E-state index in [4.69, 9.17) is 0 Å². The average Bonchev–Trinajstić information content (AvgIpc) is 3.07. The Labute approximate surface area is 166 Å². The first-order valence-electron chi connectivity index (χ1n) is 8.90. The molecule has 3 aromatic rings. The topological polar surface area (TPSA) is 110 Å². The monoisotopic (exact) mass is 397 g/mol. The van der Waals surface area contributed by atoms with Gasteiger partial charge in [-0.2, -0.15) is 0 Å². The molecule has 1 unspecified atom stereocenters. The lowest BCUT2D eigenvalue weighted by Crippen LogP contribution is -2.30. The van der Waals surface area contributed by atoms with Crippen molar-refractivity contribution in [3.8, 4) is 0 Å². The number of halogens is 1. The van der Waals surface area contributed by atoms with Gasteiger partial charge in [0.1, 0.15) is 17.7 Å². The third kappa shape index (κ3) is 4.45. The van der Waals surface area contributed by atoms with E-state index in [2.05, 4.69) is 20.8 Å². The molecule has 1 atom stereocenters. The Balaban J connectivity index is 1.94. The Kier molecular flexibility index (Phi) is 5.67. The second-order valence-electron chi connectivity index (χ2n) is 6.80. The van der Waals surface area contributed by atoms with Crippen molar-refractivity contribution in [2.45, 2.75) is 33.2 Å². The van der Waals surface area contributed by atoms with Crippen LogP contribution in [0.15, 0.2) is 36.4 Å². The predicted molar refractivity (Wildman–Crippen MR) is 103 cm³/mol. The lowest BCUT2D eigenvalue weighted by atomic mass is 10.0. The number of nitrogens with zero attached hydrogens (tertiary/aromatic N) is 4. The zero-order valence-electron chi connectivity index (χ0n) is 16.2. The number of nitrogens with one attached hydrogen (secondary N) is 1. The molecule has 1 aromatic heterocycles. The van der Waals surface area contributed by atoms with Gasteiger partial charge in [0, 0.05) is 12.1 Å². The van der Waals surface area contributed by atoms with Crippen molar-refractivity contribution in [1.82, 2.24) is 20.2 Å². The minimum Gasteiger partial charge on any atom is -0.478 e. The Hall–Kier alpha value is -3.62. The number of tetrazole rings is 1. The van der Waals surface area contributed by atoms with E-state index in [9.17, 15) is 19.1 Å². The molecular weight excluding hydrogens is 377 g/mol. The van der Waals surface area contributed by atoms with Gasteiger partial charge in [-0.05, 0) is 66.1 Å². The van der Waals surface area contributed by atoms with Crippen molar-refractivity contribution in [3.63, 3.8) is 0 Å². The molecule has 0 radical (unpaired) electrons. The molecule has 2 N–H and O–H groups in total. The highest BCUT2D eigenvalue weighted by Crippen LogP contribution is 2.23. The summed E-state index contributed by atoms with van der Waals surface area (Å²) in [7, 11) is 0. The zero-order valence-corrected chi connectivity index (χ0v) is 16.2. The summed E-state index contributed by atoms with van der Waals surface area (Å²) in [5.41, 5.74) is 2.41. The van der Waals surface area contributed by atoms with Gasteiger partial charge in [0.2, 0.25) is 5.91 Å². The molecular formula is C20H20FN5O3. The van der Waals surface area contributed by atoms with Gasteiger partial charge >= 0.3 is 5.97 Å². The fourth-order valence-electron chi connectivity index (χ4n) is 3.14. The summed E-state index contributed by atoms with van der Waals surface area (Å²) in [6, 6.07) is 8.22. The lowest BCUT2D eigenvalue weighted by Gasteiger charge is -2.19. The summed E-state index contributed by atoms with van der Waals surface area (Å²) >= 11 is 0. The van der Waals surface area contributed by atoms with Gasteiger partial charge in [0.15, 0.2) is 0 Å². The molecule has 0 fully saturated rings. The molecule has 1 amide bonds. The number of hydrogen-bond donors (Lipinski definition) is 2. The molecule has 0 spiro atoms. The molecule has 0 bridgehead atoms. The molecule has 1 heterocycles. The van der Waals surface area contributed by atoms with Gasteiger partial charge in [0.25, 0.3) is 0 Å². The Morgan fingerprint density at radius 1 is 1.17 bits per heavy atom. The van der Waals surface area contributed by atoms with Gasteiger partial charge in [-0.1, -0.05) is 18.2 Å². The molecule has 2 aromatic carbocycles. The molecule has 8 nitrogen and oxygen atoms in total. The van der Waals surface area contributed by atoms with E-state index < -0.39 is 23.7 Å². The van der Waals surface area contributed by atoms with Crippen LogP contribution >= 0.6 is 0 Å². The molecule has 0 aliphatic rings. The summed E-state index contributed by atoms with van der Waals surface area (Å²) in [5, 5.41) is 23.4. The van der Waals surface area contributed by atoms with Crippen LogP contribution < -0.4 is 5.32 Å². The van der Waals surface area contributed by atoms with E-state index in [0.29, 0.717) is 22.6 Å². The minimum atomic E-state index is -1.08. The first kappa shape index (κ1) is 20.1. The highest BCUT2D eigenvalue weighted by atomic mass is 19.1. The van der Waals surface area contributed by atoms with Crippen molar-refractivity contribution >= 4 is 17.6 Å². The summed E-state index contributed by atoms with van der Waals surface area (Å²) in [5.74, 6) is -1.50. The number of aromatic carboxylic acids is 1. The standard InChI is InChI=1S/C20H20FN5O3/c1-11-7-12(2)17(10-16(11)20(28)29)22-19(27)18(26-13(3)23-24-25-26)9-14-5-4-6-15(21)8-14/h4-8,10,18H,9H2,1-3H3,(H,22,27)(H,28,29). The van der Waals surface area contributed by atoms with Crippen LogP contribution in [0.25, 0.3) is 0 Å². The fourth-order valence-corrected chi connectivity index (χ4v) is 3.14. The number of anilines is 1. The number of carboxylic acid groups (broad SMARTS) is 1. The second kappa shape index (κ2) is 8.17. The van der Waals surface area contributed by atoms with E-state index >= 15 is 0 Å². The average molecular weight is 397 g/mol. The van der Waals surface area contributed by atoms with Crippen molar-refractivity contribution in [2.75, 3.05) is 5.32 Å².